The zero-order valence-corrected chi connectivity index (χ0v) is 18.5. The number of aliphatic hydroxyl groups excluding tert-OH is 2. The number of ether oxygens (including phenoxy) is 8. The molecule has 0 radical (unpaired) electrons. The van der Waals surface area contributed by atoms with E-state index < -0.39 is 11.9 Å². The summed E-state index contributed by atoms with van der Waals surface area (Å²) in [6.45, 7) is -1.22. The summed E-state index contributed by atoms with van der Waals surface area (Å²) >= 11 is 0. The average molecular weight is 494 g/mol. The van der Waals surface area contributed by atoms with E-state index in [4.69, 9.17) is 48.1 Å². The van der Waals surface area contributed by atoms with E-state index in [2.05, 4.69) is 0 Å². The van der Waals surface area contributed by atoms with Crippen LogP contribution in [0.25, 0.3) is 0 Å². The zero-order chi connectivity index (χ0) is 25.0. The Morgan fingerprint density at radius 3 is 1.26 bits per heavy atom. The molecule has 194 valence electrons. The van der Waals surface area contributed by atoms with Gasteiger partial charge in [0.05, 0.1) is 50.8 Å². The summed E-state index contributed by atoms with van der Waals surface area (Å²) < 4.78 is 40.4. The molecule has 0 saturated carbocycles. The summed E-state index contributed by atoms with van der Waals surface area (Å²) in [4.78, 5) is 23.1. The topological polar surface area (TPSA) is 189 Å². The van der Waals surface area contributed by atoms with Crippen LogP contribution in [0.15, 0.2) is 12.1 Å². The largest absolute Gasteiger partial charge is 0.478 e. The van der Waals surface area contributed by atoms with E-state index >= 15 is 0 Å². The lowest BCUT2D eigenvalue weighted by Gasteiger charge is -2.14. The second-order valence-corrected chi connectivity index (χ2v) is 6.26. The Kier molecular flexibility index (Phi) is 16.7. The van der Waals surface area contributed by atoms with Crippen LogP contribution in [0.2, 0.25) is 0 Å². The highest BCUT2D eigenvalue weighted by Crippen LogP contribution is 2.20. The van der Waals surface area contributed by atoms with Crippen molar-refractivity contribution < 1.29 is 67.9 Å². The van der Waals surface area contributed by atoms with Crippen molar-refractivity contribution >= 4 is 11.9 Å². The van der Waals surface area contributed by atoms with E-state index in [9.17, 15) is 19.8 Å². The van der Waals surface area contributed by atoms with Gasteiger partial charge in [-0.05, 0) is 23.3 Å². The van der Waals surface area contributed by atoms with Crippen molar-refractivity contribution in [2.24, 2.45) is 0 Å². The minimum atomic E-state index is -1.32. The number of carboxylic acid groups (broad SMARTS) is 2. The van der Waals surface area contributed by atoms with Crippen LogP contribution in [-0.2, 0) is 51.1 Å². The van der Waals surface area contributed by atoms with Crippen molar-refractivity contribution in [3.05, 3.63) is 34.4 Å². The van der Waals surface area contributed by atoms with Gasteiger partial charge in [-0.1, -0.05) is 0 Å². The van der Waals surface area contributed by atoms with Crippen molar-refractivity contribution in [1.29, 1.82) is 0 Å². The summed E-state index contributed by atoms with van der Waals surface area (Å²) in [7, 11) is 0. The third-order valence-electron chi connectivity index (χ3n) is 3.78. The molecule has 4 N–H and O–H groups in total. The van der Waals surface area contributed by atoms with Gasteiger partial charge < -0.3 is 58.3 Å². The monoisotopic (exact) mass is 494 g/mol. The number of aromatic carboxylic acids is 2. The Balaban J connectivity index is 2.55. The van der Waals surface area contributed by atoms with Crippen molar-refractivity contribution in [3.8, 4) is 0 Å². The van der Waals surface area contributed by atoms with Crippen LogP contribution in [-0.4, -0.2) is 99.5 Å². The Morgan fingerprint density at radius 1 is 0.559 bits per heavy atom. The Hall–Kier alpha value is -2.24. The van der Waals surface area contributed by atoms with Crippen molar-refractivity contribution in [2.45, 2.75) is 13.2 Å². The van der Waals surface area contributed by atoms with Crippen LogP contribution in [0.3, 0.4) is 0 Å². The maximum atomic E-state index is 11.6. The maximum Gasteiger partial charge on any atom is 0.336 e. The molecule has 1 rings (SSSR count). The van der Waals surface area contributed by atoms with Gasteiger partial charge in [0.1, 0.15) is 27.2 Å². The molecule has 14 nitrogen and oxygen atoms in total. The van der Waals surface area contributed by atoms with E-state index in [0.717, 1.165) is 6.07 Å². The molecule has 34 heavy (non-hydrogen) atoms. The Morgan fingerprint density at radius 2 is 0.912 bits per heavy atom. The summed E-state index contributed by atoms with van der Waals surface area (Å²) in [5, 5.41) is 36.0. The normalized spacial score (nSPS) is 11.1. The lowest BCUT2D eigenvalue weighted by molar-refractivity contribution is -0.173. The second kappa shape index (κ2) is 19.1. The fourth-order valence-corrected chi connectivity index (χ4v) is 2.37. The number of rotatable bonds is 22. The molecule has 0 unspecified atom stereocenters. The van der Waals surface area contributed by atoms with Crippen LogP contribution in [0.5, 0.6) is 0 Å². The predicted octanol–water partition coefficient (Wildman–Crippen LogP) is -0.0546. The molecule has 0 aliphatic carbocycles. The van der Waals surface area contributed by atoms with Gasteiger partial charge in [0.2, 0.25) is 0 Å². The summed E-state index contributed by atoms with van der Waals surface area (Å²) in [6.07, 6.45) is 0. The van der Waals surface area contributed by atoms with E-state index in [1.165, 1.54) is 6.07 Å². The molecule has 0 aliphatic rings. The molecule has 1 aromatic carbocycles. The zero-order valence-electron chi connectivity index (χ0n) is 18.5. The third kappa shape index (κ3) is 12.9. The minimum Gasteiger partial charge on any atom is -0.478 e. The summed E-state index contributed by atoms with van der Waals surface area (Å²) in [5.74, 6) is -2.63. The first kappa shape index (κ1) is 29.8. The van der Waals surface area contributed by atoms with Crippen LogP contribution in [0, 0.1) is 0 Å². The van der Waals surface area contributed by atoms with Gasteiger partial charge in [0.25, 0.3) is 0 Å². The number of carboxylic acids is 2. The minimum absolute atomic E-state index is 0.0724. The quantitative estimate of drug-likeness (QED) is 0.124. The van der Waals surface area contributed by atoms with Crippen LogP contribution < -0.4 is 0 Å². The van der Waals surface area contributed by atoms with E-state index in [1.54, 1.807) is 0 Å². The highest BCUT2D eigenvalue weighted by molar-refractivity contribution is 5.96. The summed E-state index contributed by atoms with van der Waals surface area (Å²) in [6, 6.07) is 2.40. The van der Waals surface area contributed by atoms with Gasteiger partial charge >= 0.3 is 11.9 Å². The number of hydrogen-bond acceptors (Lipinski definition) is 12. The van der Waals surface area contributed by atoms with Gasteiger partial charge in [-0.2, -0.15) is 0 Å². The number of carbonyl (C=O) groups is 2. The van der Waals surface area contributed by atoms with Crippen LogP contribution >= 0.6 is 0 Å². The SMILES string of the molecule is O=C(O)c1cc(C(=O)O)c(COCOCOCOCCO)cc1COCOCOCOCCO. The first-order chi connectivity index (χ1) is 16.5. The first-order valence-corrected chi connectivity index (χ1v) is 9.97. The molecule has 0 heterocycles. The lowest BCUT2D eigenvalue weighted by atomic mass is 9.99. The predicted molar refractivity (Wildman–Crippen MR) is 110 cm³/mol. The molecule has 0 spiro atoms. The molecule has 0 saturated heterocycles. The lowest BCUT2D eigenvalue weighted by Crippen LogP contribution is -2.14. The molecular weight excluding hydrogens is 464 g/mol. The van der Waals surface area contributed by atoms with Crippen molar-refractivity contribution in [1.82, 2.24) is 0 Å². The van der Waals surface area contributed by atoms with Gasteiger partial charge in [-0.15, -0.1) is 0 Å². The molecular formula is C20H30O14. The highest BCUT2D eigenvalue weighted by Gasteiger charge is 2.19. The second-order valence-electron chi connectivity index (χ2n) is 6.26. The molecule has 1 aromatic rings. The third-order valence-corrected chi connectivity index (χ3v) is 3.78. The van der Waals surface area contributed by atoms with Crippen molar-refractivity contribution in [3.63, 3.8) is 0 Å². The fraction of sp³-hybridized carbons (Fsp3) is 0.600. The average Bonchev–Trinajstić information content (AvgIpc) is 2.81. The first-order valence-electron chi connectivity index (χ1n) is 9.97. The molecule has 0 amide bonds. The molecule has 0 aromatic heterocycles. The Labute approximate surface area is 195 Å². The maximum absolute atomic E-state index is 11.6. The highest BCUT2D eigenvalue weighted by atomic mass is 16.8. The molecule has 0 aliphatic heterocycles. The van der Waals surface area contributed by atoms with Gasteiger partial charge in [0, 0.05) is 0 Å². The smallest absolute Gasteiger partial charge is 0.336 e. The standard InChI is InChI=1S/C20H30O14/c21-1-3-27-9-31-13-33-11-29-7-15-5-16(18(20(25)26)6-17(15)19(23)24)8-30-12-34-14-32-10-28-4-2-22/h5-6,21-22H,1-4,7-14H2,(H,23,24)(H,25,26). The van der Waals surface area contributed by atoms with Crippen molar-refractivity contribution in [2.75, 3.05) is 67.2 Å². The number of benzene rings is 1. The molecule has 0 atom stereocenters. The van der Waals surface area contributed by atoms with E-state index in [-0.39, 0.29) is 103 Å². The van der Waals surface area contributed by atoms with Gasteiger partial charge in [-0.3, -0.25) is 0 Å². The number of hydrogen-bond donors (Lipinski definition) is 4. The molecule has 0 fully saturated rings. The molecule has 0 bridgehead atoms. The molecule has 14 heteroatoms. The van der Waals surface area contributed by atoms with Gasteiger partial charge in [-0.25, -0.2) is 9.59 Å². The summed E-state index contributed by atoms with van der Waals surface area (Å²) in [5.41, 5.74) is -0.0287. The van der Waals surface area contributed by atoms with E-state index in [0.29, 0.717) is 0 Å². The Bertz CT molecular complexity index is 656. The van der Waals surface area contributed by atoms with E-state index in [1.807, 2.05) is 0 Å². The van der Waals surface area contributed by atoms with Gasteiger partial charge in [0.15, 0.2) is 13.6 Å². The fourth-order valence-electron chi connectivity index (χ4n) is 2.37. The number of aliphatic hydroxyl groups is 2. The van der Waals surface area contributed by atoms with Crippen LogP contribution in [0.4, 0.5) is 0 Å². The van der Waals surface area contributed by atoms with Crippen LogP contribution in [0.1, 0.15) is 31.8 Å².